The number of aryl methyl sites for hydroxylation is 2. The summed E-state index contributed by atoms with van der Waals surface area (Å²) in [5.41, 5.74) is 2.63. The maximum Gasteiger partial charge on any atom is 0.329 e. The Kier molecular flexibility index (Phi) is 3.97. The van der Waals surface area contributed by atoms with Crippen molar-refractivity contribution in [1.82, 2.24) is 19.1 Å². The standard InChI is InChI=1S/C14H13BrN6O3/c1-20-10-11(21(2)14(24)18-12(10)23)17-13(20)19-16-6-7-5-8(15)3-4-9(7)22/h3-6,22H,1-2H3,(H,17,19)(H,18,23,24)/b16-6+. The molecule has 0 radical (unpaired) electrons. The second kappa shape index (κ2) is 5.96. The van der Waals surface area contributed by atoms with Gasteiger partial charge in [-0.1, -0.05) is 15.9 Å². The summed E-state index contributed by atoms with van der Waals surface area (Å²) >= 11 is 3.31. The highest BCUT2D eigenvalue weighted by atomic mass is 79.9. The number of halogens is 1. The van der Waals surface area contributed by atoms with E-state index < -0.39 is 11.2 Å². The van der Waals surface area contributed by atoms with Crippen LogP contribution in [0.3, 0.4) is 0 Å². The third kappa shape index (κ3) is 2.71. The maximum absolute atomic E-state index is 11.9. The number of nitrogens with one attached hydrogen (secondary N) is 2. The number of phenols is 1. The number of benzene rings is 1. The van der Waals surface area contributed by atoms with Crippen LogP contribution >= 0.6 is 15.9 Å². The van der Waals surface area contributed by atoms with Crippen LogP contribution in [-0.2, 0) is 14.1 Å². The first-order valence-corrected chi connectivity index (χ1v) is 7.61. The average molecular weight is 393 g/mol. The van der Waals surface area contributed by atoms with Crippen molar-refractivity contribution in [1.29, 1.82) is 0 Å². The number of nitrogens with zero attached hydrogens (tertiary/aromatic N) is 4. The second-order valence-electron chi connectivity index (χ2n) is 5.06. The fourth-order valence-electron chi connectivity index (χ4n) is 2.20. The molecule has 3 aromatic rings. The van der Waals surface area contributed by atoms with Crippen LogP contribution in [0.4, 0.5) is 5.95 Å². The number of rotatable bonds is 3. The zero-order valence-corrected chi connectivity index (χ0v) is 14.3. The lowest BCUT2D eigenvalue weighted by Gasteiger charge is -2.01. The van der Waals surface area contributed by atoms with E-state index in [1.54, 1.807) is 19.2 Å². The molecule has 0 spiro atoms. The molecule has 0 fully saturated rings. The van der Waals surface area contributed by atoms with Crippen LogP contribution in [0.1, 0.15) is 5.56 Å². The molecule has 2 heterocycles. The van der Waals surface area contributed by atoms with Gasteiger partial charge in [-0.05, 0) is 18.2 Å². The van der Waals surface area contributed by atoms with Crippen LogP contribution < -0.4 is 16.7 Å². The number of aromatic hydroxyl groups is 1. The van der Waals surface area contributed by atoms with E-state index in [-0.39, 0.29) is 22.9 Å². The highest BCUT2D eigenvalue weighted by molar-refractivity contribution is 9.10. The van der Waals surface area contributed by atoms with Gasteiger partial charge in [0.2, 0.25) is 5.95 Å². The Morgan fingerprint density at radius 2 is 2.08 bits per heavy atom. The van der Waals surface area contributed by atoms with E-state index in [0.29, 0.717) is 5.56 Å². The molecular weight excluding hydrogens is 380 g/mol. The molecule has 10 heteroatoms. The maximum atomic E-state index is 11.9. The molecule has 0 aliphatic heterocycles. The largest absolute Gasteiger partial charge is 0.507 e. The number of imidazole rings is 1. The lowest BCUT2D eigenvalue weighted by atomic mass is 10.2. The summed E-state index contributed by atoms with van der Waals surface area (Å²) in [6.45, 7) is 0. The molecule has 3 rings (SSSR count). The number of hydrazone groups is 1. The minimum absolute atomic E-state index is 0.0765. The summed E-state index contributed by atoms with van der Waals surface area (Å²) in [7, 11) is 3.14. The Balaban J connectivity index is 1.98. The Bertz CT molecular complexity index is 1080. The summed E-state index contributed by atoms with van der Waals surface area (Å²) in [5, 5.41) is 13.8. The Labute approximate surface area is 143 Å². The molecule has 1 aromatic carbocycles. The number of hydrogen-bond donors (Lipinski definition) is 3. The summed E-state index contributed by atoms with van der Waals surface area (Å²) in [6.07, 6.45) is 1.42. The van der Waals surface area contributed by atoms with E-state index in [2.05, 4.69) is 36.4 Å². The van der Waals surface area contributed by atoms with Crippen LogP contribution in [0.15, 0.2) is 37.4 Å². The van der Waals surface area contributed by atoms with Gasteiger partial charge in [0.25, 0.3) is 5.56 Å². The molecule has 0 saturated carbocycles. The second-order valence-corrected chi connectivity index (χ2v) is 5.97. The number of anilines is 1. The minimum atomic E-state index is -0.542. The molecule has 0 aliphatic carbocycles. The van der Waals surface area contributed by atoms with Gasteiger partial charge in [-0.25, -0.2) is 10.2 Å². The third-order valence-corrected chi connectivity index (χ3v) is 3.99. The number of aromatic amines is 1. The van der Waals surface area contributed by atoms with Crippen molar-refractivity contribution in [2.45, 2.75) is 0 Å². The molecule has 0 bridgehead atoms. The van der Waals surface area contributed by atoms with E-state index in [1.807, 2.05) is 0 Å². The summed E-state index contributed by atoms with van der Waals surface area (Å²) < 4.78 is 3.53. The number of H-pyrrole nitrogens is 1. The van der Waals surface area contributed by atoms with Gasteiger partial charge in [-0.2, -0.15) is 10.1 Å². The van der Waals surface area contributed by atoms with Crippen molar-refractivity contribution in [3.05, 3.63) is 49.1 Å². The molecule has 3 N–H and O–H groups in total. The van der Waals surface area contributed by atoms with E-state index in [1.165, 1.54) is 28.5 Å². The van der Waals surface area contributed by atoms with Gasteiger partial charge in [0.05, 0.1) is 6.21 Å². The normalized spacial score (nSPS) is 11.5. The molecule has 2 aromatic heterocycles. The zero-order valence-electron chi connectivity index (χ0n) is 12.7. The Morgan fingerprint density at radius 3 is 2.83 bits per heavy atom. The fraction of sp³-hybridized carbons (Fsp3) is 0.143. The molecule has 124 valence electrons. The van der Waals surface area contributed by atoms with Crippen molar-refractivity contribution in [3.63, 3.8) is 0 Å². The molecule has 0 unspecified atom stereocenters. The smallest absolute Gasteiger partial charge is 0.329 e. The fourth-order valence-corrected chi connectivity index (χ4v) is 2.58. The number of hydrogen-bond acceptors (Lipinski definition) is 6. The number of phenolic OH excluding ortho intramolecular Hbond substituents is 1. The Hall–Kier alpha value is -2.88. The summed E-state index contributed by atoms with van der Waals surface area (Å²) in [6, 6.07) is 4.94. The Morgan fingerprint density at radius 1 is 1.33 bits per heavy atom. The minimum Gasteiger partial charge on any atom is -0.507 e. The van der Waals surface area contributed by atoms with Crippen LogP contribution in [-0.4, -0.2) is 30.4 Å². The van der Waals surface area contributed by atoms with E-state index >= 15 is 0 Å². The van der Waals surface area contributed by atoms with Gasteiger partial charge < -0.3 is 9.67 Å². The molecular formula is C14H13BrN6O3. The van der Waals surface area contributed by atoms with Gasteiger partial charge in [0.1, 0.15) is 5.75 Å². The zero-order chi connectivity index (χ0) is 17.4. The molecule has 0 atom stereocenters. The van der Waals surface area contributed by atoms with Gasteiger partial charge in [0, 0.05) is 24.1 Å². The SMILES string of the molecule is Cn1c(N/N=C/c2cc(Br)ccc2O)nc2c1c(=O)[nH]c(=O)n2C. The van der Waals surface area contributed by atoms with Crippen LogP contribution in [0.5, 0.6) is 5.75 Å². The van der Waals surface area contributed by atoms with Crippen molar-refractivity contribution >= 4 is 39.3 Å². The van der Waals surface area contributed by atoms with Gasteiger partial charge in [-0.3, -0.25) is 14.3 Å². The van der Waals surface area contributed by atoms with E-state index in [0.717, 1.165) is 4.47 Å². The van der Waals surface area contributed by atoms with Crippen molar-refractivity contribution < 1.29 is 5.11 Å². The van der Waals surface area contributed by atoms with Crippen molar-refractivity contribution in [2.75, 3.05) is 5.43 Å². The van der Waals surface area contributed by atoms with E-state index in [9.17, 15) is 14.7 Å². The third-order valence-electron chi connectivity index (χ3n) is 3.49. The molecule has 0 aliphatic rings. The molecule has 9 nitrogen and oxygen atoms in total. The van der Waals surface area contributed by atoms with Gasteiger partial charge >= 0.3 is 5.69 Å². The first kappa shape index (κ1) is 16.0. The highest BCUT2D eigenvalue weighted by Crippen LogP contribution is 2.20. The first-order valence-electron chi connectivity index (χ1n) is 6.82. The summed E-state index contributed by atoms with van der Waals surface area (Å²) in [4.78, 5) is 30.0. The monoisotopic (exact) mass is 392 g/mol. The van der Waals surface area contributed by atoms with Crippen molar-refractivity contribution in [2.24, 2.45) is 19.2 Å². The predicted octanol–water partition coefficient (Wildman–Crippen LogP) is 0.874. The number of aromatic nitrogens is 4. The first-order chi connectivity index (χ1) is 11.4. The highest BCUT2D eigenvalue weighted by Gasteiger charge is 2.14. The van der Waals surface area contributed by atoms with E-state index in [4.69, 9.17) is 0 Å². The number of fused-ring (bicyclic) bond motifs is 1. The van der Waals surface area contributed by atoms with Gasteiger partial charge in [-0.15, -0.1) is 0 Å². The molecule has 0 amide bonds. The lowest BCUT2D eigenvalue weighted by Crippen LogP contribution is -2.29. The van der Waals surface area contributed by atoms with Crippen LogP contribution in [0.2, 0.25) is 0 Å². The quantitative estimate of drug-likeness (QED) is 0.451. The molecule has 0 saturated heterocycles. The van der Waals surface area contributed by atoms with Crippen LogP contribution in [0.25, 0.3) is 11.2 Å². The van der Waals surface area contributed by atoms with Gasteiger partial charge in [0.15, 0.2) is 11.2 Å². The van der Waals surface area contributed by atoms with Crippen molar-refractivity contribution in [3.8, 4) is 5.75 Å². The van der Waals surface area contributed by atoms with Crippen LogP contribution in [0, 0.1) is 0 Å². The summed E-state index contributed by atoms with van der Waals surface area (Å²) in [5.74, 6) is 0.357. The lowest BCUT2D eigenvalue weighted by molar-refractivity contribution is 0.474. The predicted molar refractivity (Wildman–Crippen MR) is 93.6 cm³/mol. The topological polar surface area (TPSA) is 117 Å². The average Bonchev–Trinajstić information content (AvgIpc) is 2.86. The molecule has 24 heavy (non-hydrogen) atoms.